The van der Waals surface area contributed by atoms with Crippen molar-refractivity contribution in [3.63, 3.8) is 0 Å². The lowest BCUT2D eigenvalue weighted by Crippen LogP contribution is -2.26. The van der Waals surface area contributed by atoms with Crippen molar-refractivity contribution < 1.29 is 22.2 Å². The summed E-state index contributed by atoms with van der Waals surface area (Å²) in [5.74, 6) is -0.639. The van der Waals surface area contributed by atoms with Crippen molar-refractivity contribution >= 4 is 33.1 Å². The number of anilines is 2. The highest BCUT2D eigenvalue weighted by atomic mass is 32.2. The van der Waals surface area contributed by atoms with Crippen LogP contribution < -0.4 is 11.1 Å². The fourth-order valence-electron chi connectivity index (χ4n) is 3.04. The van der Waals surface area contributed by atoms with Gasteiger partial charge >= 0.3 is 0 Å². The molecule has 27 heavy (non-hydrogen) atoms. The van der Waals surface area contributed by atoms with Crippen molar-refractivity contribution in [1.82, 2.24) is 0 Å². The lowest BCUT2D eigenvalue weighted by atomic mass is 9.82. The van der Waals surface area contributed by atoms with Gasteiger partial charge in [0.15, 0.2) is 11.6 Å². The number of fused-ring (bicyclic) bond motifs is 2. The van der Waals surface area contributed by atoms with E-state index in [0.717, 1.165) is 7.11 Å². The minimum Gasteiger partial charge on any atom is -0.397 e. The highest BCUT2D eigenvalue weighted by Crippen LogP contribution is 2.39. The third kappa shape index (κ3) is 3.11. The SMILES string of the molecule is COS(=O)(=O)c1cc(NCC(C)C)c2c(c1N)C(=O)c1ccccc1C2=O. The van der Waals surface area contributed by atoms with E-state index in [4.69, 9.17) is 5.73 Å². The summed E-state index contributed by atoms with van der Waals surface area (Å²) in [5, 5.41) is 3.07. The molecule has 1 aliphatic rings. The van der Waals surface area contributed by atoms with Crippen LogP contribution in [0.4, 0.5) is 11.4 Å². The molecule has 8 heteroatoms. The molecule has 3 N–H and O–H groups in total. The molecule has 0 bridgehead atoms. The molecule has 0 aliphatic heterocycles. The van der Waals surface area contributed by atoms with Gasteiger partial charge in [0, 0.05) is 23.4 Å². The molecular formula is C19H20N2O5S. The summed E-state index contributed by atoms with van der Waals surface area (Å²) in [6.45, 7) is 4.41. The van der Waals surface area contributed by atoms with Gasteiger partial charge in [-0.1, -0.05) is 38.1 Å². The summed E-state index contributed by atoms with van der Waals surface area (Å²) in [4.78, 5) is 25.8. The van der Waals surface area contributed by atoms with E-state index in [0.29, 0.717) is 6.54 Å². The maximum Gasteiger partial charge on any atom is 0.298 e. The molecule has 1 aliphatic carbocycles. The number of nitrogens with two attached hydrogens (primary N) is 1. The third-order valence-electron chi connectivity index (χ3n) is 4.39. The monoisotopic (exact) mass is 388 g/mol. The fraction of sp³-hybridized carbons (Fsp3) is 0.263. The first kappa shape index (κ1) is 19.1. The normalized spacial score (nSPS) is 13.5. The molecule has 0 atom stereocenters. The molecule has 0 spiro atoms. The molecule has 0 radical (unpaired) electrons. The van der Waals surface area contributed by atoms with E-state index < -0.39 is 15.9 Å². The van der Waals surface area contributed by atoms with Crippen LogP contribution in [0.15, 0.2) is 35.2 Å². The molecule has 0 unspecified atom stereocenters. The van der Waals surface area contributed by atoms with E-state index >= 15 is 0 Å². The standard InChI is InChI=1S/C19H20N2O5S/c1-10(2)9-21-13-8-14(27(24,25)26-3)17(20)16-15(13)18(22)11-6-4-5-7-12(11)19(16)23/h4-8,10,21H,9,20H2,1-3H3. The van der Waals surface area contributed by atoms with Crippen LogP contribution >= 0.6 is 0 Å². The molecule has 0 saturated heterocycles. The lowest BCUT2D eigenvalue weighted by molar-refractivity contribution is 0.0980. The zero-order valence-corrected chi connectivity index (χ0v) is 16.0. The van der Waals surface area contributed by atoms with Gasteiger partial charge in [0.05, 0.1) is 23.9 Å². The predicted molar refractivity (Wildman–Crippen MR) is 102 cm³/mol. The van der Waals surface area contributed by atoms with Crippen molar-refractivity contribution in [3.8, 4) is 0 Å². The summed E-state index contributed by atoms with van der Waals surface area (Å²) in [7, 11) is -3.16. The molecule has 2 aromatic rings. The quantitative estimate of drug-likeness (QED) is 0.509. The van der Waals surface area contributed by atoms with Crippen molar-refractivity contribution in [3.05, 3.63) is 52.6 Å². The number of carbonyl (C=O) groups excluding carboxylic acids is 2. The minimum absolute atomic E-state index is 0.0897. The average molecular weight is 388 g/mol. The largest absolute Gasteiger partial charge is 0.397 e. The van der Waals surface area contributed by atoms with Crippen LogP contribution in [0.2, 0.25) is 0 Å². The second-order valence-corrected chi connectivity index (χ2v) is 8.37. The van der Waals surface area contributed by atoms with Crippen molar-refractivity contribution in [2.45, 2.75) is 18.7 Å². The van der Waals surface area contributed by atoms with E-state index in [2.05, 4.69) is 9.50 Å². The molecule has 142 valence electrons. The van der Waals surface area contributed by atoms with Gasteiger partial charge in [-0.25, -0.2) is 0 Å². The molecule has 7 nitrogen and oxygen atoms in total. The molecule has 0 heterocycles. The highest BCUT2D eigenvalue weighted by molar-refractivity contribution is 7.87. The molecule has 0 aromatic heterocycles. The van der Waals surface area contributed by atoms with Crippen molar-refractivity contribution in [2.75, 3.05) is 24.7 Å². The molecule has 2 aromatic carbocycles. The Bertz CT molecular complexity index is 1060. The van der Waals surface area contributed by atoms with Crippen LogP contribution in [-0.4, -0.2) is 33.6 Å². The third-order valence-corrected chi connectivity index (χ3v) is 5.70. The number of carbonyl (C=O) groups is 2. The molecule has 0 saturated carbocycles. The minimum atomic E-state index is -4.17. The summed E-state index contributed by atoms with van der Waals surface area (Å²) in [5.41, 5.74) is 6.45. The van der Waals surface area contributed by atoms with Gasteiger partial charge in [0.2, 0.25) is 0 Å². The van der Waals surface area contributed by atoms with Crippen LogP contribution in [0.5, 0.6) is 0 Å². The average Bonchev–Trinajstić information content (AvgIpc) is 2.64. The van der Waals surface area contributed by atoms with Gasteiger partial charge in [-0.15, -0.1) is 0 Å². The van der Waals surface area contributed by atoms with Gasteiger partial charge in [0.25, 0.3) is 10.1 Å². The number of rotatable bonds is 5. The maximum absolute atomic E-state index is 13.1. The van der Waals surface area contributed by atoms with Crippen LogP contribution in [0, 0.1) is 5.92 Å². The van der Waals surface area contributed by atoms with Crippen LogP contribution in [-0.2, 0) is 14.3 Å². The Morgan fingerprint density at radius 1 is 1.07 bits per heavy atom. The van der Waals surface area contributed by atoms with E-state index in [-0.39, 0.29) is 50.2 Å². The molecule has 3 rings (SSSR count). The number of nitrogens with one attached hydrogen (secondary N) is 1. The van der Waals surface area contributed by atoms with Gasteiger partial charge in [-0.2, -0.15) is 8.42 Å². The van der Waals surface area contributed by atoms with E-state index in [9.17, 15) is 18.0 Å². The van der Waals surface area contributed by atoms with Gasteiger partial charge in [-0.3, -0.25) is 13.8 Å². The van der Waals surface area contributed by atoms with Crippen LogP contribution in [0.3, 0.4) is 0 Å². The predicted octanol–water partition coefficient (Wildman–Crippen LogP) is 2.45. The summed E-state index contributed by atoms with van der Waals surface area (Å²) >= 11 is 0. The zero-order valence-electron chi connectivity index (χ0n) is 15.2. The first-order chi connectivity index (χ1) is 12.7. The molecule has 0 fully saturated rings. The van der Waals surface area contributed by atoms with E-state index in [1.807, 2.05) is 13.8 Å². The topological polar surface area (TPSA) is 116 Å². The van der Waals surface area contributed by atoms with Crippen molar-refractivity contribution in [2.24, 2.45) is 5.92 Å². The second kappa shape index (κ2) is 6.79. The van der Waals surface area contributed by atoms with Crippen molar-refractivity contribution in [1.29, 1.82) is 0 Å². The number of ketones is 2. The van der Waals surface area contributed by atoms with Gasteiger partial charge in [0.1, 0.15) is 4.90 Å². The highest BCUT2D eigenvalue weighted by Gasteiger charge is 2.36. The summed E-state index contributed by atoms with van der Waals surface area (Å²) in [6, 6.07) is 7.66. The van der Waals surface area contributed by atoms with Gasteiger partial charge < -0.3 is 11.1 Å². The first-order valence-electron chi connectivity index (χ1n) is 8.38. The van der Waals surface area contributed by atoms with Crippen LogP contribution in [0.1, 0.15) is 45.7 Å². The van der Waals surface area contributed by atoms with E-state index in [1.165, 1.54) is 12.1 Å². The summed E-state index contributed by atoms with van der Waals surface area (Å²) in [6.07, 6.45) is 0. The number of nitrogen functional groups attached to an aromatic ring is 1. The Kier molecular flexibility index (Phi) is 4.79. The van der Waals surface area contributed by atoms with Gasteiger partial charge in [-0.05, 0) is 12.0 Å². The Balaban J connectivity index is 2.34. The number of hydrogen-bond acceptors (Lipinski definition) is 7. The number of hydrogen-bond donors (Lipinski definition) is 2. The lowest BCUT2D eigenvalue weighted by Gasteiger charge is -2.24. The Morgan fingerprint density at radius 3 is 2.15 bits per heavy atom. The molecule has 0 amide bonds. The second-order valence-electron chi connectivity index (χ2n) is 6.69. The summed E-state index contributed by atoms with van der Waals surface area (Å²) < 4.78 is 29.2. The smallest absolute Gasteiger partial charge is 0.298 e. The Hall–Kier alpha value is -2.71. The maximum atomic E-state index is 13.1. The van der Waals surface area contributed by atoms with Crippen LogP contribution in [0.25, 0.3) is 0 Å². The first-order valence-corrected chi connectivity index (χ1v) is 9.79. The van der Waals surface area contributed by atoms with E-state index in [1.54, 1.807) is 18.2 Å². The zero-order chi connectivity index (χ0) is 19.9. The molecular weight excluding hydrogens is 368 g/mol. The Morgan fingerprint density at radius 2 is 1.63 bits per heavy atom. The Labute approximate surface area is 157 Å². The number of benzene rings is 2. The fourth-order valence-corrected chi connectivity index (χ4v) is 3.86.